The Morgan fingerprint density at radius 3 is 1.92 bits per heavy atom. The number of hydrogen-bond donors (Lipinski definition) is 1. The zero-order valence-electron chi connectivity index (χ0n) is 17.6. The molecule has 0 aromatic heterocycles. The number of hydrogen-bond acceptors (Lipinski definition) is 1. The van der Waals surface area contributed by atoms with E-state index < -0.39 is 0 Å². The molecule has 0 aliphatic carbocycles. The SMILES string of the molecule is CCCCCC(Cc1ccccc1C)c1ccccc1C.CCNCC. The molecule has 1 unspecified atom stereocenters. The first-order valence-corrected chi connectivity index (χ1v) is 10.4. The molecule has 2 rings (SSSR count). The van der Waals surface area contributed by atoms with E-state index >= 15 is 0 Å². The fraction of sp³-hybridized carbons (Fsp3) is 0.520. The molecule has 1 nitrogen and oxygen atoms in total. The second-order valence-electron chi connectivity index (χ2n) is 7.14. The zero-order chi connectivity index (χ0) is 19.2. The summed E-state index contributed by atoms with van der Waals surface area (Å²) in [6.45, 7) is 13.2. The standard InChI is InChI=1S/C21H28.C4H11N/c1-4-5-6-14-20(21-15-10-8-12-18(21)3)16-19-13-9-7-11-17(19)2;1-3-5-4-2/h7-13,15,20H,4-6,14,16H2,1-3H3;5H,3-4H2,1-2H3. The second-order valence-corrected chi connectivity index (χ2v) is 7.14. The van der Waals surface area contributed by atoms with Crippen LogP contribution in [-0.2, 0) is 6.42 Å². The van der Waals surface area contributed by atoms with Crippen LogP contribution in [0.5, 0.6) is 0 Å². The predicted molar refractivity (Wildman–Crippen MR) is 117 cm³/mol. The largest absolute Gasteiger partial charge is 0.317 e. The molecule has 2 aromatic rings. The Morgan fingerprint density at radius 2 is 1.38 bits per heavy atom. The zero-order valence-corrected chi connectivity index (χ0v) is 17.6. The van der Waals surface area contributed by atoms with Crippen LogP contribution in [0.1, 0.15) is 74.6 Å². The molecule has 2 aromatic carbocycles. The lowest BCUT2D eigenvalue weighted by Crippen LogP contribution is -2.09. The molecule has 0 saturated carbocycles. The smallest absolute Gasteiger partial charge is 0.00775 e. The molecule has 0 saturated heterocycles. The van der Waals surface area contributed by atoms with Crippen LogP contribution >= 0.6 is 0 Å². The van der Waals surface area contributed by atoms with Gasteiger partial charge in [0.1, 0.15) is 0 Å². The van der Waals surface area contributed by atoms with E-state index in [4.69, 9.17) is 0 Å². The van der Waals surface area contributed by atoms with Crippen LogP contribution in [0.25, 0.3) is 0 Å². The number of aryl methyl sites for hydroxylation is 2. The van der Waals surface area contributed by atoms with Gasteiger partial charge in [-0.3, -0.25) is 0 Å². The average molecular weight is 354 g/mol. The minimum Gasteiger partial charge on any atom is -0.317 e. The molecule has 1 heteroatoms. The van der Waals surface area contributed by atoms with Gasteiger partial charge in [-0.15, -0.1) is 0 Å². The van der Waals surface area contributed by atoms with Crippen LogP contribution in [0.4, 0.5) is 0 Å². The fourth-order valence-electron chi connectivity index (χ4n) is 3.41. The highest BCUT2D eigenvalue weighted by atomic mass is 14.8. The number of benzene rings is 2. The quantitative estimate of drug-likeness (QED) is 0.487. The summed E-state index contributed by atoms with van der Waals surface area (Å²) in [7, 11) is 0. The Kier molecular flexibility index (Phi) is 11.7. The van der Waals surface area contributed by atoms with Crippen LogP contribution in [0, 0.1) is 13.8 Å². The van der Waals surface area contributed by atoms with Crippen molar-refractivity contribution in [3.05, 3.63) is 70.8 Å². The Morgan fingerprint density at radius 1 is 0.769 bits per heavy atom. The summed E-state index contributed by atoms with van der Waals surface area (Å²) in [5.41, 5.74) is 5.90. The molecule has 0 fully saturated rings. The van der Waals surface area contributed by atoms with Crippen molar-refractivity contribution < 1.29 is 0 Å². The summed E-state index contributed by atoms with van der Waals surface area (Å²) in [6, 6.07) is 17.7. The third kappa shape index (κ3) is 8.19. The van der Waals surface area contributed by atoms with Crippen LogP contribution in [0.2, 0.25) is 0 Å². The molecule has 1 N–H and O–H groups in total. The number of rotatable bonds is 9. The van der Waals surface area contributed by atoms with E-state index in [1.807, 2.05) is 0 Å². The fourth-order valence-corrected chi connectivity index (χ4v) is 3.41. The highest BCUT2D eigenvalue weighted by molar-refractivity contribution is 5.33. The molecule has 0 heterocycles. The molecule has 144 valence electrons. The van der Waals surface area contributed by atoms with Crippen molar-refractivity contribution in [3.63, 3.8) is 0 Å². The molecule has 0 spiro atoms. The van der Waals surface area contributed by atoms with Gasteiger partial charge in [-0.05, 0) is 68.0 Å². The van der Waals surface area contributed by atoms with Gasteiger partial charge in [0.2, 0.25) is 0 Å². The van der Waals surface area contributed by atoms with Gasteiger partial charge in [0.15, 0.2) is 0 Å². The van der Waals surface area contributed by atoms with Gasteiger partial charge in [0.25, 0.3) is 0 Å². The van der Waals surface area contributed by atoms with E-state index in [0.29, 0.717) is 5.92 Å². The Hall–Kier alpha value is -1.60. The lowest BCUT2D eigenvalue weighted by molar-refractivity contribution is 0.560. The molecular formula is C25H39N. The van der Waals surface area contributed by atoms with Crippen LogP contribution < -0.4 is 5.32 Å². The van der Waals surface area contributed by atoms with Gasteiger partial charge >= 0.3 is 0 Å². The Labute approximate surface area is 162 Å². The van der Waals surface area contributed by atoms with Gasteiger partial charge in [-0.1, -0.05) is 88.6 Å². The lowest BCUT2D eigenvalue weighted by atomic mass is 9.84. The highest BCUT2D eigenvalue weighted by Crippen LogP contribution is 2.29. The first-order valence-electron chi connectivity index (χ1n) is 10.4. The minimum absolute atomic E-state index is 0.652. The maximum Gasteiger partial charge on any atom is -0.00775 e. The van der Waals surface area contributed by atoms with E-state index in [2.05, 4.69) is 88.5 Å². The molecule has 1 atom stereocenters. The van der Waals surface area contributed by atoms with Gasteiger partial charge in [-0.2, -0.15) is 0 Å². The summed E-state index contributed by atoms with van der Waals surface area (Å²) in [4.78, 5) is 0. The average Bonchev–Trinajstić information content (AvgIpc) is 2.64. The van der Waals surface area contributed by atoms with Crippen molar-refractivity contribution >= 4 is 0 Å². The molecule has 0 amide bonds. The number of nitrogens with one attached hydrogen (secondary N) is 1. The summed E-state index contributed by atoms with van der Waals surface area (Å²) in [5.74, 6) is 0.652. The van der Waals surface area contributed by atoms with E-state index in [0.717, 1.165) is 13.1 Å². The first-order chi connectivity index (χ1) is 12.6. The van der Waals surface area contributed by atoms with E-state index in [1.165, 1.54) is 54.4 Å². The Balaban J connectivity index is 0.000000597. The normalized spacial score (nSPS) is 11.6. The maximum absolute atomic E-state index is 3.11. The first kappa shape index (κ1) is 22.4. The van der Waals surface area contributed by atoms with Crippen LogP contribution in [-0.4, -0.2) is 13.1 Å². The van der Waals surface area contributed by atoms with Crippen molar-refractivity contribution in [2.75, 3.05) is 13.1 Å². The third-order valence-corrected chi connectivity index (χ3v) is 5.01. The van der Waals surface area contributed by atoms with E-state index in [9.17, 15) is 0 Å². The summed E-state index contributed by atoms with van der Waals surface area (Å²) < 4.78 is 0. The van der Waals surface area contributed by atoms with Crippen LogP contribution in [0.15, 0.2) is 48.5 Å². The second kappa shape index (κ2) is 13.6. The van der Waals surface area contributed by atoms with Gasteiger partial charge < -0.3 is 5.32 Å². The van der Waals surface area contributed by atoms with E-state index in [1.54, 1.807) is 0 Å². The Bertz CT molecular complexity index is 601. The number of unbranched alkanes of at least 4 members (excludes halogenated alkanes) is 2. The molecule has 26 heavy (non-hydrogen) atoms. The van der Waals surface area contributed by atoms with Crippen molar-refractivity contribution in [2.45, 2.75) is 72.6 Å². The molecule has 0 aliphatic heterocycles. The van der Waals surface area contributed by atoms with Crippen LogP contribution in [0.3, 0.4) is 0 Å². The summed E-state index contributed by atoms with van der Waals surface area (Å²) in [5, 5.41) is 3.11. The third-order valence-electron chi connectivity index (χ3n) is 5.01. The topological polar surface area (TPSA) is 12.0 Å². The highest BCUT2D eigenvalue weighted by Gasteiger charge is 2.15. The lowest BCUT2D eigenvalue weighted by Gasteiger charge is -2.20. The molecular weight excluding hydrogens is 314 g/mol. The van der Waals surface area contributed by atoms with Crippen molar-refractivity contribution in [3.8, 4) is 0 Å². The van der Waals surface area contributed by atoms with Crippen molar-refractivity contribution in [2.24, 2.45) is 0 Å². The van der Waals surface area contributed by atoms with Crippen molar-refractivity contribution in [1.82, 2.24) is 5.32 Å². The minimum atomic E-state index is 0.652. The summed E-state index contributed by atoms with van der Waals surface area (Å²) >= 11 is 0. The molecule has 0 radical (unpaired) electrons. The van der Waals surface area contributed by atoms with Gasteiger partial charge in [0.05, 0.1) is 0 Å². The summed E-state index contributed by atoms with van der Waals surface area (Å²) in [6.07, 6.45) is 6.44. The predicted octanol–water partition coefficient (Wildman–Crippen LogP) is 6.83. The van der Waals surface area contributed by atoms with E-state index in [-0.39, 0.29) is 0 Å². The maximum atomic E-state index is 3.11. The van der Waals surface area contributed by atoms with Gasteiger partial charge in [0, 0.05) is 0 Å². The van der Waals surface area contributed by atoms with Gasteiger partial charge in [-0.25, -0.2) is 0 Å². The molecule has 0 bridgehead atoms. The monoisotopic (exact) mass is 353 g/mol. The molecule has 0 aliphatic rings. The van der Waals surface area contributed by atoms with Crippen molar-refractivity contribution in [1.29, 1.82) is 0 Å².